The van der Waals surface area contributed by atoms with Gasteiger partial charge < -0.3 is 0 Å². The van der Waals surface area contributed by atoms with E-state index >= 15 is 0 Å². The molecule has 1 aliphatic heterocycles. The summed E-state index contributed by atoms with van der Waals surface area (Å²) in [6.07, 6.45) is 0.728. The highest BCUT2D eigenvalue weighted by Gasteiger charge is 2.32. The van der Waals surface area contributed by atoms with E-state index in [4.69, 9.17) is 11.6 Å². The zero-order valence-electron chi connectivity index (χ0n) is 4.74. The Morgan fingerprint density at radius 3 is 2.33 bits per heavy atom. The van der Waals surface area contributed by atoms with Crippen molar-refractivity contribution in [2.75, 3.05) is 5.75 Å². The van der Waals surface area contributed by atoms with E-state index < -0.39 is 5.38 Å². The van der Waals surface area contributed by atoms with Crippen LogP contribution in [-0.4, -0.2) is 16.4 Å². The number of hydrogen-bond acceptors (Lipinski definition) is 1. The first-order valence-electron chi connectivity index (χ1n) is 2.76. The van der Waals surface area contributed by atoms with Crippen molar-refractivity contribution in [1.82, 2.24) is 0 Å². The molecule has 9 heavy (non-hydrogen) atoms. The number of alkyl halides is 3. The predicted molar refractivity (Wildman–Crippen MR) is 36.3 cm³/mol. The molecular formula is C5H7ClF2S. The fraction of sp³-hybridized carbons (Fsp3) is 1.00. The van der Waals surface area contributed by atoms with Crippen LogP contribution in [0.25, 0.3) is 0 Å². The van der Waals surface area contributed by atoms with Gasteiger partial charge in [-0.1, -0.05) is 0 Å². The molecule has 0 aliphatic carbocycles. The fourth-order valence-electron chi connectivity index (χ4n) is 0.704. The van der Waals surface area contributed by atoms with Gasteiger partial charge in [-0.2, -0.15) is 20.5 Å². The molecule has 0 radical (unpaired) electrons. The van der Waals surface area contributed by atoms with E-state index in [-0.39, 0.29) is 11.7 Å². The third kappa shape index (κ3) is 2.72. The van der Waals surface area contributed by atoms with Crippen LogP contribution in [-0.2, 0) is 0 Å². The molecule has 54 valence electrons. The second-order valence-electron chi connectivity index (χ2n) is 2.10. The monoisotopic (exact) mass is 172 g/mol. The average Bonchev–Trinajstić information content (AvgIpc) is 1.53. The van der Waals surface area contributed by atoms with Crippen LogP contribution in [0, 0.1) is 0 Å². The van der Waals surface area contributed by atoms with E-state index in [0.717, 1.165) is 12.2 Å². The lowest BCUT2D eigenvalue weighted by molar-refractivity contribution is 0.0844. The largest absolute Gasteiger partial charge is 0.322 e. The summed E-state index contributed by atoms with van der Waals surface area (Å²) in [6.45, 7) is 0. The van der Waals surface area contributed by atoms with Crippen LogP contribution in [0.2, 0.25) is 0 Å². The van der Waals surface area contributed by atoms with Gasteiger partial charge in [-0.25, -0.2) is 0 Å². The Hall–Kier alpha value is 0.500. The Morgan fingerprint density at radius 1 is 1.67 bits per heavy atom. The maximum absolute atomic E-state index is 11.9. The lowest BCUT2D eigenvalue weighted by Crippen LogP contribution is -2.22. The van der Waals surface area contributed by atoms with Gasteiger partial charge in [0.15, 0.2) is 0 Å². The zero-order valence-corrected chi connectivity index (χ0v) is 6.31. The molecule has 0 spiro atoms. The molecule has 1 atom stereocenters. The molecule has 0 aromatic carbocycles. The van der Waals surface area contributed by atoms with Crippen molar-refractivity contribution < 1.29 is 8.78 Å². The maximum atomic E-state index is 11.9. The Balaban J connectivity index is 2.16. The second-order valence-corrected chi connectivity index (χ2v) is 4.06. The highest BCUT2D eigenvalue weighted by atomic mass is 35.5. The maximum Gasteiger partial charge on any atom is 0.322 e. The minimum atomic E-state index is -2.97. The average molecular weight is 173 g/mol. The molecule has 0 nitrogen and oxygen atoms in total. The quantitative estimate of drug-likeness (QED) is 0.578. The molecule has 0 aromatic heterocycles. The van der Waals surface area contributed by atoms with Gasteiger partial charge in [0, 0.05) is 11.7 Å². The number of rotatable bonds is 2. The van der Waals surface area contributed by atoms with E-state index in [1.807, 2.05) is 0 Å². The number of thioether (sulfide) groups is 1. The highest BCUT2D eigenvalue weighted by molar-refractivity contribution is 8.01. The summed E-state index contributed by atoms with van der Waals surface area (Å²) in [5.74, 6) is 1.01. The van der Waals surface area contributed by atoms with Gasteiger partial charge >= 0.3 is 5.38 Å². The van der Waals surface area contributed by atoms with Crippen molar-refractivity contribution in [2.24, 2.45) is 0 Å². The van der Waals surface area contributed by atoms with Crippen molar-refractivity contribution in [3.63, 3.8) is 0 Å². The number of hydrogen-bond donors (Lipinski definition) is 0. The molecule has 0 bridgehead atoms. The summed E-state index contributed by atoms with van der Waals surface area (Å²) in [7, 11) is 0. The molecule has 0 aromatic rings. The lowest BCUT2D eigenvalue weighted by atomic mass is 10.2. The molecule has 0 amide bonds. The predicted octanol–water partition coefficient (Wildman–Crippen LogP) is 2.71. The molecule has 1 aliphatic rings. The van der Waals surface area contributed by atoms with Crippen molar-refractivity contribution in [3.05, 3.63) is 0 Å². The van der Waals surface area contributed by atoms with Gasteiger partial charge in [0.2, 0.25) is 0 Å². The fourth-order valence-corrected chi connectivity index (χ4v) is 1.88. The van der Waals surface area contributed by atoms with Gasteiger partial charge in [-0.05, 0) is 23.8 Å². The zero-order chi connectivity index (χ0) is 6.91. The summed E-state index contributed by atoms with van der Waals surface area (Å²) >= 11 is 6.26. The molecule has 1 fully saturated rings. The van der Waals surface area contributed by atoms with Gasteiger partial charge in [0.25, 0.3) is 0 Å². The Bertz CT molecular complexity index is 97.6. The summed E-state index contributed by atoms with van der Waals surface area (Å²) in [4.78, 5) is 0. The summed E-state index contributed by atoms with van der Waals surface area (Å²) in [5.41, 5.74) is 0. The smallest absolute Gasteiger partial charge is 0.188 e. The summed E-state index contributed by atoms with van der Waals surface area (Å²) in [5, 5.41) is -2.87. The first-order chi connectivity index (χ1) is 4.08. The molecule has 1 unspecified atom stereocenters. The van der Waals surface area contributed by atoms with Crippen LogP contribution in [0.5, 0.6) is 0 Å². The third-order valence-electron chi connectivity index (χ3n) is 1.25. The molecule has 4 heteroatoms. The van der Waals surface area contributed by atoms with E-state index in [0.29, 0.717) is 0 Å². The first-order valence-corrected chi connectivity index (χ1v) is 4.19. The minimum Gasteiger partial charge on any atom is -0.188 e. The third-order valence-corrected chi connectivity index (χ3v) is 2.75. The molecule has 1 heterocycles. The van der Waals surface area contributed by atoms with Gasteiger partial charge in [-0.3, -0.25) is 0 Å². The number of halogens is 3. The molecule has 1 rings (SSSR count). The van der Waals surface area contributed by atoms with E-state index in [2.05, 4.69) is 0 Å². The van der Waals surface area contributed by atoms with Gasteiger partial charge in [0.05, 0.1) is 0 Å². The van der Waals surface area contributed by atoms with Crippen molar-refractivity contribution in [3.8, 4) is 0 Å². The molecule has 1 saturated heterocycles. The first kappa shape index (κ1) is 7.61. The standard InChI is InChI=1S/C5H7ClF2S/c6-5(7,8)3-4-1-2-9-4/h4H,1-3H2. The van der Waals surface area contributed by atoms with Crippen molar-refractivity contribution in [2.45, 2.75) is 23.5 Å². The van der Waals surface area contributed by atoms with Gasteiger partial charge in [-0.15, -0.1) is 0 Å². The Kier molecular flexibility index (Phi) is 2.22. The van der Waals surface area contributed by atoms with Crippen LogP contribution in [0.4, 0.5) is 8.78 Å². The second kappa shape index (κ2) is 2.62. The SMILES string of the molecule is FC(F)(Cl)CC1CCS1. The van der Waals surface area contributed by atoms with Crippen molar-refractivity contribution in [1.29, 1.82) is 0 Å². The topological polar surface area (TPSA) is 0 Å². The van der Waals surface area contributed by atoms with Crippen LogP contribution in [0.15, 0.2) is 0 Å². The molecular weight excluding hydrogens is 166 g/mol. The normalized spacial score (nSPS) is 27.7. The Morgan fingerprint density at radius 2 is 2.22 bits per heavy atom. The highest BCUT2D eigenvalue weighted by Crippen LogP contribution is 2.37. The van der Waals surface area contributed by atoms with Crippen LogP contribution >= 0.6 is 23.4 Å². The molecule has 0 saturated carbocycles. The summed E-state index contributed by atoms with van der Waals surface area (Å²) < 4.78 is 23.9. The van der Waals surface area contributed by atoms with E-state index in [1.54, 1.807) is 11.8 Å². The van der Waals surface area contributed by atoms with Crippen molar-refractivity contribution >= 4 is 23.4 Å². The Labute approximate surface area is 62.0 Å². The summed E-state index contributed by atoms with van der Waals surface area (Å²) in [6, 6.07) is 0. The molecule has 0 N–H and O–H groups in total. The van der Waals surface area contributed by atoms with Gasteiger partial charge in [0.1, 0.15) is 0 Å². The minimum absolute atomic E-state index is 0.109. The van der Waals surface area contributed by atoms with Crippen LogP contribution < -0.4 is 0 Å². The van der Waals surface area contributed by atoms with Crippen LogP contribution in [0.1, 0.15) is 12.8 Å². The lowest BCUT2D eigenvalue weighted by Gasteiger charge is -2.26. The van der Waals surface area contributed by atoms with E-state index in [1.165, 1.54) is 0 Å². The van der Waals surface area contributed by atoms with Crippen LogP contribution in [0.3, 0.4) is 0 Å². The van der Waals surface area contributed by atoms with E-state index in [9.17, 15) is 8.78 Å².